The van der Waals surface area contributed by atoms with Crippen molar-refractivity contribution in [1.82, 2.24) is 4.90 Å². The van der Waals surface area contributed by atoms with Gasteiger partial charge in [-0.25, -0.2) is 0 Å². The van der Waals surface area contributed by atoms with Crippen molar-refractivity contribution in [3.8, 4) is 39.5 Å². The Balaban J connectivity index is 1.29. The molecule has 0 aliphatic carbocycles. The molecule has 1 heterocycles. The first kappa shape index (κ1) is 27.5. The summed E-state index contributed by atoms with van der Waals surface area (Å²) in [6, 6.07) is 28.0. The van der Waals surface area contributed by atoms with E-state index in [0.29, 0.717) is 12.0 Å². The lowest BCUT2D eigenvalue weighted by Gasteiger charge is -2.29. The summed E-state index contributed by atoms with van der Waals surface area (Å²) in [7, 11) is 5.49. The number of carbonyl (C=O) groups is 1. The predicted molar refractivity (Wildman–Crippen MR) is 161 cm³/mol. The number of hydrogen-bond acceptors (Lipinski definition) is 5. The van der Waals surface area contributed by atoms with Crippen molar-refractivity contribution in [3.63, 3.8) is 0 Å². The van der Waals surface area contributed by atoms with Gasteiger partial charge in [-0.15, -0.1) is 0 Å². The molecule has 1 fully saturated rings. The van der Waals surface area contributed by atoms with Gasteiger partial charge in [0.1, 0.15) is 23.4 Å². The van der Waals surface area contributed by atoms with Gasteiger partial charge in [0.05, 0.1) is 14.2 Å². The number of rotatable bonds is 9. The van der Waals surface area contributed by atoms with Crippen LogP contribution in [-0.4, -0.2) is 51.1 Å². The summed E-state index contributed by atoms with van der Waals surface area (Å²) in [6.45, 7) is 4.17. The van der Waals surface area contributed by atoms with E-state index in [1.807, 2.05) is 72.8 Å². The molecule has 0 bridgehead atoms. The van der Waals surface area contributed by atoms with E-state index in [1.54, 1.807) is 14.2 Å². The summed E-state index contributed by atoms with van der Waals surface area (Å²) in [5.41, 5.74) is 6.77. The maximum absolute atomic E-state index is 13.3. The zero-order chi connectivity index (χ0) is 28.1. The van der Waals surface area contributed by atoms with E-state index in [4.69, 9.17) is 14.2 Å². The Bertz CT molecular complexity index is 1470. The molecule has 5 nitrogen and oxygen atoms in total. The minimum atomic E-state index is 0.0669. The van der Waals surface area contributed by atoms with Gasteiger partial charge in [0.2, 0.25) is 0 Å². The standard InChI is InChI=1S/C35H37NO4/c1-24-6-5-7-27(20-24)32-22-28(12-15-34(32)38-3)33(37)21-25-8-10-26(11-9-25)31-14-13-30(23-35(31)39-4)40-29-16-18-36(2)19-17-29/h5-15,20,22-23,29H,16-19,21H2,1-4H3. The van der Waals surface area contributed by atoms with Gasteiger partial charge >= 0.3 is 0 Å². The van der Waals surface area contributed by atoms with Crippen molar-refractivity contribution in [2.75, 3.05) is 34.4 Å². The van der Waals surface area contributed by atoms with Gasteiger partial charge in [-0.05, 0) is 73.8 Å². The normalized spacial score (nSPS) is 14.1. The summed E-state index contributed by atoms with van der Waals surface area (Å²) in [4.78, 5) is 15.6. The van der Waals surface area contributed by atoms with Crippen LogP contribution in [0.4, 0.5) is 0 Å². The van der Waals surface area contributed by atoms with Crippen molar-refractivity contribution in [1.29, 1.82) is 0 Å². The molecule has 206 valence electrons. The van der Waals surface area contributed by atoms with Gasteiger partial charge in [-0.2, -0.15) is 0 Å². The number of aryl methyl sites for hydroxylation is 1. The number of piperidine rings is 1. The lowest BCUT2D eigenvalue weighted by molar-refractivity contribution is 0.0993. The SMILES string of the molecule is COc1cc(OC2CCN(C)CC2)ccc1-c1ccc(CC(=O)c2ccc(OC)c(-c3cccc(C)c3)c2)cc1. The fourth-order valence-corrected chi connectivity index (χ4v) is 5.29. The van der Waals surface area contributed by atoms with E-state index >= 15 is 0 Å². The van der Waals surface area contributed by atoms with Crippen molar-refractivity contribution in [3.05, 3.63) is 102 Å². The first-order valence-corrected chi connectivity index (χ1v) is 13.8. The maximum Gasteiger partial charge on any atom is 0.167 e. The maximum atomic E-state index is 13.3. The van der Waals surface area contributed by atoms with Crippen molar-refractivity contribution >= 4 is 5.78 Å². The quantitative estimate of drug-likeness (QED) is 0.211. The Labute approximate surface area is 237 Å². The molecule has 0 amide bonds. The zero-order valence-corrected chi connectivity index (χ0v) is 23.8. The van der Waals surface area contributed by atoms with Crippen molar-refractivity contribution in [2.24, 2.45) is 0 Å². The first-order valence-electron chi connectivity index (χ1n) is 13.8. The number of nitrogens with zero attached hydrogens (tertiary/aromatic N) is 1. The van der Waals surface area contributed by atoms with Crippen molar-refractivity contribution < 1.29 is 19.0 Å². The van der Waals surface area contributed by atoms with E-state index in [0.717, 1.165) is 76.6 Å². The van der Waals surface area contributed by atoms with Crippen LogP contribution < -0.4 is 14.2 Å². The third-order valence-electron chi connectivity index (χ3n) is 7.62. The highest BCUT2D eigenvalue weighted by atomic mass is 16.5. The monoisotopic (exact) mass is 535 g/mol. The highest BCUT2D eigenvalue weighted by Crippen LogP contribution is 2.35. The predicted octanol–water partition coefficient (Wildman–Crippen LogP) is 7.24. The molecular weight excluding hydrogens is 498 g/mol. The van der Waals surface area contributed by atoms with Crippen LogP contribution in [0.1, 0.15) is 34.3 Å². The van der Waals surface area contributed by atoms with Gasteiger partial charge in [0.15, 0.2) is 5.78 Å². The molecule has 0 radical (unpaired) electrons. The number of methoxy groups -OCH3 is 2. The van der Waals surface area contributed by atoms with Gasteiger partial charge < -0.3 is 19.1 Å². The molecule has 0 spiro atoms. The lowest BCUT2D eigenvalue weighted by atomic mass is 9.96. The Morgan fingerprint density at radius 3 is 2.25 bits per heavy atom. The van der Waals surface area contributed by atoms with Gasteiger partial charge in [0, 0.05) is 42.3 Å². The molecule has 1 saturated heterocycles. The summed E-state index contributed by atoms with van der Waals surface area (Å²) in [5.74, 6) is 2.43. The van der Waals surface area contributed by atoms with E-state index < -0.39 is 0 Å². The highest BCUT2D eigenvalue weighted by Gasteiger charge is 2.19. The summed E-state index contributed by atoms with van der Waals surface area (Å²) in [6.07, 6.45) is 2.62. The van der Waals surface area contributed by atoms with Gasteiger partial charge in [-0.1, -0.05) is 54.1 Å². The molecule has 0 atom stereocenters. The van der Waals surface area contributed by atoms with Crippen LogP contribution >= 0.6 is 0 Å². The molecule has 1 aliphatic heterocycles. The second-order valence-corrected chi connectivity index (χ2v) is 10.6. The number of carbonyl (C=O) groups excluding carboxylic acids is 1. The van der Waals surface area contributed by atoms with E-state index in [-0.39, 0.29) is 11.9 Å². The van der Waals surface area contributed by atoms with Crippen LogP contribution in [0.15, 0.2) is 84.9 Å². The van der Waals surface area contributed by atoms with Gasteiger partial charge in [-0.3, -0.25) is 4.79 Å². The molecule has 5 rings (SSSR count). The van der Waals surface area contributed by atoms with Crippen LogP contribution in [0.2, 0.25) is 0 Å². The average molecular weight is 536 g/mol. The molecule has 0 unspecified atom stereocenters. The fourth-order valence-electron chi connectivity index (χ4n) is 5.29. The van der Waals surface area contributed by atoms with Gasteiger partial charge in [0.25, 0.3) is 0 Å². The second-order valence-electron chi connectivity index (χ2n) is 10.6. The van der Waals surface area contributed by atoms with E-state index in [9.17, 15) is 4.79 Å². The minimum Gasteiger partial charge on any atom is -0.496 e. The van der Waals surface area contributed by atoms with Crippen LogP contribution in [0.25, 0.3) is 22.3 Å². The highest BCUT2D eigenvalue weighted by molar-refractivity contribution is 5.99. The molecular formula is C35H37NO4. The molecule has 0 N–H and O–H groups in total. The average Bonchev–Trinajstić information content (AvgIpc) is 2.98. The molecule has 4 aromatic rings. The van der Waals surface area contributed by atoms with Crippen LogP contribution in [0, 0.1) is 6.92 Å². The Morgan fingerprint density at radius 2 is 1.55 bits per heavy atom. The molecule has 0 aromatic heterocycles. The molecule has 4 aromatic carbocycles. The van der Waals surface area contributed by atoms with Crippen LogP contribution in [0.3, 0.4) is 0 Å². The zero-order valence-electron chi connectivity index (χ0n) is 23.8. The first-order chi connectivity index (χ1) is 19.4. The summed E-state index contributed by atoms with van der Waals surface area (Å²) in [5, 5.41) is 0. The largest absolute Gasteiger partial charge is 0.496 e. The van der Waals surface area contributed by atoms with E-state index in [2.05, 4.69) is 31.0 Å². The third-order valence-corrected chi connectivity index (χ3v) is 7.62. The number of ether oxygens (including phenoxy) is 3. The third kappa shape index (κ3) is 6.37. The molecule has 0 saturated carbocycles. The number of Topliss-reactive ketones (excluding diaryl/α,β-unsaturated/α-hetero) is 1. The number of ketones is 1. The summed E-state index contributed by atoms with van der Waals surface area (Å²) < 4.78 is 17.6. The Hall–Kier alpha value is -4.09. The Kier molecular flexibility index (Phi) is 8.51. The second kappa shape index (κ2) is 12.4. The number of likely N-dealkylation sites (tertiary alicyclic amines) is 1. The smallest absolute Gasteiger partial charge is 0.167 e. The lowest BCUT2D eigenvalue weighted by Crippen LogP contribution is -2.35. The Morgan fingerprint density at radius 1 is 0.800 bits per heavy atom. The van der Waals surface area contributed by atoms with E-state index in [1.165, 1.54) is 0 Å². The topological polar surface area (TPSA) is 48.0 Å². The van der Waals surface area contributed by atoms with Crippen LogP contribution in [-0.2, 0) is 6.42 Å². The van der Waals surface area contributed by atoms with Crippen LogP contribution in [0.5, 0.6) is 17.2 Å². The molecule has 5 heteroatoms. The molecule has 1 aliphatic rings. The fraction of sp³-hybridized carbons (Fsp3) is 0.286. The summed E-state index contributed by atoms with van der Waals surface area (Å²) >= 11 is 0. The molecule has 40 heavy (non-hydrogen) atoms. The number of benzene rings is 4. The minimum absolute atomic E-state index is 0.0669. The number of hydrogen-bond donors (Lipinski definition) is 0. The van der Waals surface area contributed by atoms with Crippen molar-refractivity contribution in [2.45, 2.75) is 32.3 Å².